The molecule has 1 unspecified atom stereocenters. The van der Waals surface area contributed by atoms with Crippen LogP contribution in [0.4, 0.5) is 0 Å². The van der Waals surface area contributed by atoms with E-state index in [1.807, 2.05) is 31.3 Å². The van der Waals surface area contributed by atoms with E-state index in [0.29, 0.717) is 11.3 Å². The van der Waals surface area contributed by atoms with E-state index in [2.05, 4.69) is 5.10 Å². The maximum Gasteiger partial charge on any atom is 0.127 e. The van der Waals surface area contributed by atoms with Crippen LogP contribution in [0.3, 0.4) is 0 Å². The first kappa shape index (κ1) is 10.1. The zero-order valence-corrected chi connectivity index (χ0v) is 9.37. The minimum Gasteiger partial charge on any atom is -0.472 e. The van der Waals surface area contributed by atoms with E-state index in [0.717, 1.165) is 10.9 Å². The minimum atomic E-state index is -0.750. The molecule has 0 aliphatic rings. The highest BCUT2D eigenvalue weighted by Crippen LogP contribution is 2.27. The van der Waals surface area contributed by atoms with Crippen LogP contribution in [-0.2, 0) is 7.05 Å². The van der Waals surface area contributed by atoms with Crippen molar-refractivity contribution >= 4 is 10.9 Å². The number of rotatable bonds is 2. The number of aryl methyl sites for hydroxylation is 1. The van der Waals surface area contributed by atoms with Gasteiger partial charge in [-0.05, 0) is 12.1 Å². The third-order valence-electron chi connectivity index (χ3n) is 2.90. The Hall–Kier alpha value is -2.07. The van der Waals surface area contributed by atoms with Crippen LogP contribution in [0.2, 0.25) is 0 Å². The van der Waals surface area contributed by atoms with Crippen LogP contribution in [0.1, 0.15) is 17.4 Å². The van der Waals surface area contributed by atoms with Gasteiger partial charge in [0, 0.05) is 18.0 Å². The summed E-state index contributed by atoms with van der Waals surface area (Å²) in [7, 11) is 1.87. The number of aliphatic hydroxyl groups excluding tert-OH is 1. The molecule has 2 aromatic heterocycles. The maximum absolute atomic E-state index is 10.3. The van der Waals surface area contributed by atoms with Gasteiger partial charge in [-0.1, -0.05) is 18.2 Å². The predicted molar refractivity (Wildman–Crippen MR) is 63.5 cm³/mol. The van der Waals surface area contributed by atoms with Gasteiger partial charge in [-0.2, -0.15) is 5.10 Å². The molecule has 1 atom stereocenters. The Morgan fingerprint density at radius 2 is 2.12 bits per heavy atom. The van der Waals surface area contributed by atoms with Gasteiger partial charge in [-0.3, -0.25) is 4.68 Å². The second-order valence-corrected chi connectivity index (χ2v) is 3.99. The summed E-state index contributed by atoms with van der Waals surface area (Å²) in [5.41, 5.74) is 2.38. The minimum absolute atomic E-state index is 0.657. The molecule has 2 heterocycles. The highest BCUT2D eigenvalue weighted by atomic mass is 16.3. The van der Waals surface area contributed by atoms with Gasteiger partial charge in [0.2, 0.25) is 0 Å². The van der Waals surface area contributed by atoms with Crippen LogP contribution in [0.25, 0.3) is 10.9 Å². The van der Waals surface area contributed by atoms with E-state index in [9.17, 15) is 5.11 Å². The fourth-order valence-corrected chi connectivity index (χ4v) is 2.03. The molecule has 0 aliphatic heterocycles. The fourth-order valence-electron chi connectivity index (χ4n) is 2.03. The SMILES string of the molecule is Cn1nc(C(O)c2ccoc2)c2ccccc21. The van der Waals surface area contributed by atoms with Gasteiger partial charge >= 0.3 is 0 Å². The third kappa shape index (κ3) is 1.54. The quantitative estimate of drug-likeness (QED) is 0.731. The summed E-state index contributed by atoms with van der Waals surface area (Å²) in [4.78, 5) is 0. The van der Waals surface area contributed by atoms with Gasteiger partial charge in [-0.25, -0.2) is 0 Å². The third-order valence-corrected chi connectivity index (χ3v) is 2.90. The van der Waals surface area contributed by atoms with Crippen molar-refractivity contribution in [2.24, 2.45) is 7.05 Å². The first-order valence-electron chi connectivity index (χ1n) is 5.39. The molecule has 0 spiro atoms. The van der Waals surface area contributed by atoms with Crippen molar-refractivity contribution in [3.05, 3.63) is 54.1 Å². The lowest BCUT2D eigenvalue weighted by Gasteiger charge is -2.04. The Kier molecular flexibility index (Phi) is 2.23. The number of furan rings is 1. The molecule has 0 saturated heterocycles. The number of fused-ring (bicyclic) bond motifs is 1. The molecule has 0 bridgehead atoms. The smallest absolute Gasteiger partial charge is 0.127 e. The summed E-state index contributed by atoms with van der Waals surface area (Å²) in [6, 6.07) is 9.58. The monoisotopic (exact) mass is 228 g/mol. The lowest BCUT2D eigenvalue weighted by molar-refractivity contribution is 0.214. The molecule has 4 nitrogen and oxygen atoms in total. The molecule has 0 fully saturated rings. The Morgan fingerprint density at radius 1 is 1.29 bits per heavy atom. The largest absolute Gasteiger partial charge is 0.472 e. The lowest BCUT2D eigenvalue weighted by atomic mass is 10.1. The highest BCUT2D eigenvalue weighted by Gasteiger charge is 2.18. The van der Waals surface area contributed by atoms with Gasteiger partial charge in [0.1, 0.15) is 11.8 Å². The van der Waals surface area contributed by atoms with Crippen LogP contribution in [-0.4, -0.2) is 14.9 Å². The van der Waals surface area contributed by atoms with Gasteiger partial charge in [-0.15, -0.1) is 0 Å². The summed E-state index contributed by atoms with van der Waals surface area (Å²) in [5, 5.41) is 15.6. The number of benzene rings is 1. The van der Waals surface area contributed by atoms with Crippen LogP contribution >= 0.6 is 0 Å². The van der Waals surface area contributed by atoms with Gasteiger partial charge < -0.3 is 9.52 Å². The average Bonchev–Trinajstić information content (AvgIpc) is 2.97. The Balaban J connectivity index is 2.18. The van der Waals surface area contributed by atoms with E-state index in [1.54, 1.807) is 17.0 Å². The Morgan fingerprint density at radius 3 is 2.88 bits per heavy atom. The molecule has 3 rings (SSSR count). The zero-order chi connectivity index (χ0) is 11.8. The van der Waals surface area contributed by atoms with Crippen molar-refractivity contribution in [3.63, 3.8) is 0 Å². The van der Waals surface area contributed by atoms with Crippen molar-refractivity contribution in [3.8, 4) is 0 Å². The summed E-state index contributed by atoms with van der Waals surface area (Å²) in [6.45, 7) is 0. The second-order valence-electron chi connectivity index (χ2n) is 3.99. The Labute approximate surface area is 98.1 Å². The van der Waals surface area contributed by atoms with E-state index < -0.39 is 6.10 Å². The number of para-hydroxylation sites is 1. The molecule has 0 saturated carbocycles. The molecule has 17 heavy (non-hydrogen) atoms. The first-order valence-corrected chi connectivity index (χ1v) is 5.39. The molecular weight excluding hydrogens is 216 g/mol. The average molecular weight is 228 g/mol. The predicted octanol–water partition coefficient (Wildman–Crippen LogP) is 2.25. The second kappa shape index (κ2) is 3.75. The summed E-state index contributed by atoms with van der Waals surface area (Å²) in [5.74, 6) is 0. The number of aromatic nitrogens is 2. The number of aliphatic hydroxyl groups is 1. The van der Waals surface area contributed by atoms with Crippen molar-refractivity contribution in [2.75, 3.05) is 0 Å². The van der Waals surface area contributed by atoms with E-state index in [1.165, 1.54) is 6.26 Å². The first-order chi connectivity index (χ1) is 8.27. The van der Waals surface area contributed by atoms with E-state index in [4.69, 9.17) is 4.42 Å². The number of hydrogen-bond donors (Lipinski definition) is 1. The van der Waals surface area contributed by atoms with Crippen LogP contribution in [0.15, 0.2) is 47.3 Å². The standard InChI is InChI=1S/C13H12N2O2/c1-15-11-5-3-2-4-10(11)12(14-15)13(16)9-6-7-17-8-9/h2-8,13,16H,1H3. The molecule has 3 aromatic rings. The number of hydrogen-bond acceptors (Lipinski definition) is 3. The van der Waals surface area contributed by atoms with Crippen molar-refractivity contribution < 1.29 is 9.52 Å². The van der Waals surface area contributed by atoms with Crippen molar-refractivity contribution in [1.82, 2.24) is 9.78 Å². The van der Waals surface area contributed by atoms with Crippen LogP contribution in [0, 0.1) is 0 Å². The maximum atomic E-state index is 10.3. The summed E-state index contributed by atoms with van der Waals surface area (Å²) < 4.78 is 6.75. The van der Waals surface area contributed by atoms with Crippen molar-refractivity contribution in [1.29, 1.82) is 0 Å². The van der Waals surface area contributed by atoms with E-state index >= 15 is 0 Å². The fraction of sp³-hybridized carbons (Fsp3) is 0.154. The molecule has 0 radical (unpaired) electrons. The zero-order valence-electron chi connectivity index (χ0n) is 9.37. The molecule has 0 aliphatic carbocycles. The lowest BCUT2D eigenvalue weighted by Crippen LogP contribution is -2.00. The highest BCUT2D eigenvalue weighted by molar-refractivity contribution is 5.82. The van der Waals surface area contributed by atoms with Crippen LogP contribution in [0.5, 0.6) is 0 Å². The summed E-state index contributed by atoms with van der Waals surface area (Å²) >= 11 is 0. The molecular formula is C13H12N2O2. The van der Waals surface area contributed by atoms with Gasteiger partial charge in [0.25, 0.3) is 0 Å². The molecule has 4 heteroatoms. The normalized spacial score (nSPS) is 13.1. The van der Waals surface area contributed by atoms with Gasteiger partial charge in [0.15, 0.2) is 0 Å². The van der Waals surface area contributed by atoms with E-state index in [-0.39, 0.29) is 0 Å². The Bertz CT molecular complexity index is 641. The molecule has 1 aromatic carbocycles. The van der Waals surface area contributed by atoms with Crippen molar-refractivity contribution in [2.45, 2.75) is 6.10 Å². The topological polar surface area (TPSA) is 51.2 Å². The molecule has 1 N–H and O–H groups in total. The van der Waals surface area contributed by atoms with Crippen LogP contribution < -0.4 is 0 Å². The molecule has 0 amide bonds. The summed E-state index contributed by atoms with van der Waals surface area (Å²) in [6.07, 6.45) is 2.33. The number of nitrogens with zero attached hydrogens (tertiary/aromatic N) is 2. The molecule has 86 valence electrons. The van der Waals surface area contributed by atoms with Gasteiger partial charge in [0.05, 0.1) is 18.0 Å².